The molecule has 7 heteroatoms. The van der Waals surface area contributed by atoms with Crippen molar-refractivity contribution in [1.82, 2.24) is 15.5 Å². The molecule has 1 aliphatic rings. The van der Waals surface area contributed by atoms with Crippen molar-refractivity contribution in [2.45, 2.75) is 19.3 Å². The molecule has 6 nitrogen and oxygen atoms in total. The molecule has 1 amide bonds. The summed E-state index contributed by atoms with van der Waals surface area (Å²) in [5.41, 5.74) is 2.48. The van der Waals surface area contributed by atoms with Crippen LogP contribution < -0.4 is 10.6 Å². The summed E-state index contributed by atoms with van der Waals surface area (Å²) in [7, 11) is 0. The second kappa shape index (κ2) is 8.69. The number of carbonyl (C=O) groups is 1. The smallest absolute Gasteiger partial charge is 0.212 e. The number of phenols is 1. The Morgan fingerprint density at radius 1 is 1.12 bits per heavy atom. The Morgan fingerprint density at radius 3 is 2.54 bits per heavy atom. The fraction of sp³-hybridized carbons (Fsp3) is 0.263. The lowest BCUT2D eigenvalue weighted by molar-refractivity contribution is -0.105. The number of aromatic nitrogens is 2. The summed E-state index contributed by atoms with van der Waals surface area (Å²) in [6.07, 6.45) is 4.79. The van der Waals surface area contributed by atoms with E-state index in [9.17, 15) is 9.90 Å². The van der Waals surface area contributed by atoms with Crippen LogP contribution in [0.25, 0.3) is 22.0 Å². The number of rotatable bonds is 3. The fourth-order valence-corrected chi connectivity index (χ4v) is 3.17. The topological polar surface area (TPSA) is 90.0 Å². The first-order chi connectivity index (χ1) is 12.7. The van der Waals surface area contributed by atoms with Gasteiger partial charge in [-0.3, -0.25) is 9.89 Å². The molecule has 1 aromatic heterocycles. The van der Waals surface area contributed by atoms with Gasteiger partial charge in [-0.2, -0.15) is 5.10 Å². The van der Waals surface area contributed by atoms with Crippen molar-refractivity contribution in [3.05, 3.63) is 41.4 Å². The van der Waals surface area contributed by atoms with E-state index in [2.05, 4.69) is 20.8 Å². The lowest BCUT2D eigenvalue weighted by Crippen LogP contribution is -2.21. The zero-order valence-electron chi connectivity index (χ0n) is 14.3. The maximum atomic E-state index is 10.5. The highest BCUT2D eigenvalue weighted by molar-refractivity contribution is 6.33. The quantitative estimate of drug-likeness (QED) is 0.524. The number of piperidine rings is 1. The first-order valence-electron chi connectivity index (χ1n) is 8.57. The molecule has 4 rings (SSSR count). The molecule has 26 heavy (non-hydrogen) atoms. The number of hydrogen-bond acceptors (Lipinski definition) is 4. The van der Waals surface area contributed by atoms with E-state index in [4.69, 9.17) is 11.6 Å². The number of aromatic hydroxyl groups is 1. The Labute approximate surface area is 156 Å². The summed E-state index contributed by atoms with van der Waals surface area (Å²) in [4.78, 5) is 10.5. The molecule has 0 unspecified atom stereocenters. The van der Waals surface area contributed by atoms with Crippen molar-refractivity contribution in [2.75, 3.05) is 18.4 Å². The van der Waals surface area contributed by atoms with Crippen molar-refractivity contribution in [2.24, 2.45) is 0 Å². The molecular formula is C19H21ClN4O2. The Morgan fingerprint density at radius 2 is 1.92 bits per heavy atom. The molecular weight excluding hydrogens is 352 g/mol. The molecule has 2 heterocycles. The van der Waals surface area contributed by atoms with Crippen molar-refractivity contribution in [3.63, 3.8) is 0 Å². The van der Waals surface area contributed by atoms with Crippen LogP contribution in [0.4, 0.5) is 5.82 Å². The van der Waals surface area contributed by atoms with Gasteiger partial charge in [0.15, 0.2) is 5.82 Å². The van der Waals surface area contributed by atoms with Crippen LogP contribution in [-0.4, -0.2) is 34.8 Å². The number of anilines is 1. The molecule has 0 bridgehead atoms. The van der Waals surface area contributed by atoms with Crippen LogP contribution in [0.3, 0.4) is 0 Å². The van der Waals surface area contributed by atoms with Crippen LogP contribution >= 0.6 is 11.6 Å². The molecule has 4 N–H and O–H groups in total. The number of nitrogens with zero attached hydrogens (tertiary/aromatic N) is 1. The molecule has 0 saturated carbocycles. The molecule has 0 aliphatic carbocycles. The largest absolute Gasteiger partial charge is 0.508 e. The molecule has 3 aromatic rings. The molecule has 0 spiro atoms. The SMILES string of the molecule is C1CCNCC1.O=CNc1n[nH]c2ccc(-c3ccc(O)cc3Cl)cc12. The molecule has 2 aromatic carbocycles. The van der Waals surface area contributed by atoms with Gasteiger partial charge in [0.2, 0.25) is 6.41 Å². The zero-order chi connectivity index (χ0) is 18.4. The third kappa shape index (κ3) is 4.33. The summed E-state index contributed by atoms with van der Waals surface area (Å²) >= 11 is 6.13. The van der Waals surface area contributed by atoms with Crippen LogP contribution in [0.2, 0.25) is 5.02 Å². The zero-order valence-corrected chi connectivity index (χ0v) is 15.0. The van der Waals surface area contributed by atoms with E-state index >= 15 is 0 Å². The minimum Gasteiger partial charge on any atom is -0.508 e. The van der Waals surface area contributed by atoms with Crippen LogP contribution in [0.15, 0.2) is 36.4 Å². The maximum absolute atomic E-state index is 10.5. The van der Waals surface area contributed by atoms with Gasteiger partial charge in [0.1, 0.15) is 5.75 Å². The van der Waals surface area contributed by atoms with Crippen LogP contribution in [-0.2, 0) is 4.79 Å². The Balaban J connectivity index is 0.000000278. The predicted octanol–water partition coefficient (Wildman–Crippen LogP) is 3.92. The number of amides is 1. The minimum absolute atomic E-state index is 0.117. The highest BCUT2D eigenvalue weighted by atomic mass is 35.5. The van der Waals surface area contributed by atoms with Crippen LogP contribution in [0.5, 0.6) is 5.75 Å². The lowest BCUT2D eigenvalue weighted by atomic mass is 10.0. The van der Waals surface area contributed by atoms with Crippen LogP contribution in [0.1, 0.15) is 19.3 Å². The summed E-state index contributed by atoms with van der Waals surface area (Å²) in [5, 5.41) is 23.3. The van der Waals surface area contributed by atoms with Crippen molar-refractivity contribution in [3.8, 4) is 16.9 Å². The van der Waals surface area contributed by atoms with Gasteiger partial charge < -0.3 is 15.7 Å². The Bertz CT molecular complexity index is 879. The number of benzene rings is 2. The number of aromatic amines is 1. The van der Waals surface area contributed by atoms with E-state index in [-0.39, 0.29) is 5.75 Å². The predicted molar refractivity (Wildman–Crippen MR) is 105 cm³/mol. The number of halogens is 1. The monoisotopic (exact) mass is 372 g/mol. The van der Waals surface area contributed by atoms with Gasteiger partial charge in [-0.25, -0.2) is 0 Å². The Kier molecular flexibility index (Phi) is 6.09. The second-order valence-electron chi connectivity index (χ2n) is 6.07. The van der Waals surface area contributed by atoms with Gasteiger partial charge in [-0.05, 0) is 61.8 Å². The molecule has 136 valence electrons. The summed E-state index contributed by atoms with van der Waals surface area (Å²) in [5.74, 6) is 0.582. The van der Waals surface area contributed by atoms with E-state index in [1.807, 2.05) is 18.2 Å². The number of nitrogens with one attached hydrogen (secondary N) is 3. The number of carbonyl (C=O) groups excluding carboxylic acids is 1. The van der Waals surface area contributed by atoms with E-state index in [0.717, 1.165) is 22.0 Å². The first kappa shape index (κ1) is 18.2. The van der Waals surface area contributed by atoms with Crippen molar-refractivity contribution < 1.29 is 9.90 Å². The molecule has 1 aliphatic heterocycles. The van der Waals surface area contributed by atoms with Gasteiger partial charge in [-0.1, -0.05) is 24.1 Å². The number of H-pyrrole nitrogens is 1. The molecule has 1 fully saturated rings. The fourth-order valence-electron chi connectivity index (χ4n) is 2.89. The first-order valence-corrected chi connectivity index (χ1v) is 8.95. The highest BCUT2D eigenvalue weighted by Gasteiger charge is 2.09. The standard InChI is InChI=1S/C14H10ClN3O2.C5H11N/c15-12-6-9(20)2-3-10(12)8-1-4-13-11(5-8)14(16-7-19)18-17-13;1-2-4-6-5-3-1/h1-7,20H,(H2,16,17,18,19);6H,1-5H2. The number of phenolic OH excluding ortho intramolecular Hbond substituents is 1. The van der Waals surface area contributed by atoms with E-state index in [1.54, 1.807) is 12.1 Å². The summed E-state index contributed by atoms with van der Waals surface area (Å²) < 4.78 is 0. The van der Waals surface area contributed by atoms with Crippen molar-refractivity contribution >= 4 is 34.7 Å². The number of hydrogen-bond donors (Lipinski definition) is 4. The third-order valence-electron chi connectivity index (χ3n) is 4.23. The van der Waals surface area contributed by atoms with Crippen molar-refractivity contribution in [1.29, 1.82) is 0 Å². The highest BCUT2D eigenvalue weighted by Crippen LogP contribution is 2.33. The van der Waals surface area contributed by atoms with Gasteiger partial charge in [0.05, 0.1) is 10.5 Å². The normalized spacial score (nSPS) is 13.7. The van der Waals surface area contributed by atoms with E-state index in [0.29, 0.717) is 17.3 Å². The summed E-state index contributed by atoms with van der Waals surface area (Å²) in [6, 6.07) is 10.4. The lowest BCUT2D eigenvalue weighted by Gasteiger charge is -2.08. The number of fused-ring (bicyclic) bond motifs is 1. The van der Waals surface area contributed by atoms with Gasteiger partial charge in [0, 0.05) is 10.9 Å². The van der Waals surface area contributed by atoms with Gasteiger partial charge in [-0.15, -0.1) is 0 Å². The van der Waals surface area contributed by atoms with Crippen LogP contribution in [0, 0.1) is 0 Å². The average molecular weight is 373 g/mol. The summed E-state index contributed by atoms with van der Waals surface area (Å²) in [6.45, 7) is 2.50. The van der Waals surface area contributed by atoms with E-state index in [1.165, 1.54) is 38.4 Å². The maximum Gasteiger partial charge on any atom is 0.212 e. The molecule has 0 atom stereocenters. The molecule has 1 saturated heterocycles. The minimum atomic E-state index is 0.117. The van der Waals surface area contributed by atoms with Gasteiger partial charge in [0.25, 0.3) is 0 Å². The van der Waals surface area contributed by atoms with E-state index < -0.39 is 0 Å². The van der Waals surface area contributed by atoms with Gasteiger partial charge >= 0.3 is 0 Å². The second-order valence-corrected chi connectivity index (χ2v) is 6.48. The average Bonchev–Trinajstić information content (AvgIpc) is 3.06. The Hall–Kier alpha value is -2.57. The third-order valence-corrected chi connectivity index (χ3v) is 4.54. The molecule has 0 radical (unpaired) electrons.